The zero-order chi connectivity index (χ0) is 23.5. The van der Waals surface area contributed by atoms with Gasteiger partial charge in [-0.05, 0) is 29.7 Å². The van der Waals surface area contributed by atoms with Gasteiger partial charge in [-0.3, -0.25) is 24.0 Å². The summed E-state index contributed by atoms with van der Waals surface area (Å²) in [4.78, 5) is 40.0. The van der Waals surface area contributed by atoms with Crippen LogP contribution in [0.15, 0.2) is 69.3 Å². The molecule has 2 heterocycles. The summed E-state index contributed by atoms with van der Waals surface area (Å²) < 4.78 is 4.07. The van der Waals surface area contributed by atoms with Gasteiger partial charge in [0.15, 0.2) is 11.2 Å². The third-order valence-corrected chi connectivity index (χ3v) is 5.30. The molecule has 4 rings (SSSR count). The molecule has 1 N–H and O–H groups in total. The highest BCUT2D eigenvalue weighted by Gasteiger charge is 2.19. The molecule has 0 saturated heterocycles. The minimum Gasteiger partial charge on any atom is -0.303 e. The molecule has 33 heavy (non-hydrogen) atoms. The number of benzene rings is 2. The smallest absolute Gasteiger partial charge is 0.303 e. The predicted molar refractivity (Wildman–Crippen MR) is 125 cm³/mol. The van der Waals surface area contributed by atoms with Crippen LogP contribution in [0.5, 0.6) is 0 Å². The molecule has 2 aromatic carbocycles. The zero-order valence-corrected chi connectivity index (χ0v) is 18.0. The summed E-state index contributed by atoms with van der Waals surface area (Å²) in [6.07, 6.45) is 2.13. The van der Waals surface area contributed by atoms with Gasteiger partial charge >= 0.3 is 5.69 Å². The van der Waals surface area contributed by atoms with Crippen molar-refractivity contribution in [2.45, 2.75) is 13.0 Å². The van der Waals surface area contributed by atoms with Crippen LogP contribution in [-0.2, 0) is 27.1 Å². The summed E-state index contributed by atoms with van der Waals surface area (Å²) in [5.74, 6) is 0.303. The van der Waals surface area contributed by atoms with Crippen LogP contribution >= 0.6 is 0 Å². The topological polar surface area (TPSA) is 129 Å². The number of aryl methyl sites for hydroxylation is 3. The van der Waals surface area contributed by atoms with E-state index in [-0.39, 0.29) is 11.3 Å². The third kappa shape index (κ3) is 4.28. The lowest BCUT2D eigenvalue weighted by atomic mass is 10.1. The second kappa shape index (κ2) is 8.91. The van der Waals surface area contributed by atoms with Gasteiger partial charge in [-0.15, -0.1) is 0 Å². The van der Waals surface area contributed by atoms with Gasteiger partial charge in [-0.2, -0.15) is 10.1 Å². The first-order chi connectivity index (χ1) is 15.9. The molecule has 168 valence electrons. The fraction of sp³-hybridized carbons (Fsp3) is 0.182. The number of aromatic nitrogens is 4. The molecular formula is C22H21N7O4. The van der Waals surface area contributed by atoms with Crippen LogP contribution in [0.4, 0.5) is 11.6 Å². The number of nitrogens with zero attached hydrogens (tertiary/aromatic N) is 6. The third-order valence-electron chi connectivity index (χ3n) is 5.30. The maximum Gasteiger partial charge on any atom is 0.332 e. The summed E-state index contributed by atoms with van der Waals surface area (Å²) in [7, 11) is 2.99. The van der Waals surface area contributed by atoms with E-state index in [0.717, 1.165) is 10.1 Å². The number of anilines is 1. The number of nitro groups is 1. The fourth-order valence-electron chi connectivity index (χ4n) is 3.48. The molecule has 4 aromatic rings. The minimum atomic E-state index is -0.473. The molecule has 0 aliphatic rings. The average Bonchev–Trinajstić information content (AvgIpc) is 3.19. The summed E-state index contributed by atoms with van der Waals surface area (Å²) in [5.41, 5.74) is 4.19. The van der Waals surface area contributed by atoms with Crippen molar-refractivity contribution in [1.29, 1.82) is 0 Å². The molecule has 0 bridgehead atoms. The van der Waals surface area contributed by atoms with Crippen molar-refractivity contribution in [2.24, 2.45) is 19.2 Å². The Hall–Kier alpha value is -4.54. The molecular weight excluding hydrogens is 426 g/mol. The lowest BCUT2D eigenvalue weighted by molar-refractivity contribution is -0.384. The van der Waals surface area contributed by atoms with Gasteiger partial charge < -0.3 is 4.57 Å². The van der Waals surface area contributed by atoms with E-state index >= 15 is 0 Å². The molecule has 11 heteroatoms. The molecule has 0 amide bonds. The number of hydrazone groups is 1. The highest BCUT2D eigenvalue weighted by Crippen LogP contribution is 2.17. The number of non-ortho nitro benzene ring substituents is 1. The van der Waals surface area contributed by atoms with Gasteiger partial charge in [-0.1, -0.05) is 30.3 Å². The second-order valence-corrected chi connectivity index (χ2v) is 7.42. The van der Waals surface area contributed by atoms with E-state index in [1.807, 2.05) is 30.3 Å². The maximum absolute atomic E-state index is 12.9. The van der Waals surface area contributed by atoms with E-state index in [1.54, 1.807) is 23.7 Å². The molecule has 0 radical (unpaired) electrons. The first-order valence-corrected chi connectivity index (χ1v) is 10.1. The van der Waals surface area contributed by atoms with E-state index in [0.29, 0.717) is 30.0 Å². The second-order valence-electron chi connectivity index (χ2n) is 7.42. The average molecular weight is 447 g/mol. The van der Waals surface area contributed by atoms with Crippen LogP contribution in [0, 0.1) is 10.1 Å². The Labute approximate surface area is 187 Å². The highest BCUT2D eigenvalue weighted by molar-refractivity contribution is 5.81. The normalized spacial score (nSPS) is 11.3. The van der Waals surface area contributed by atoms with E-state index in [9.17, 15) is 19.7 Å². The lowest BCUT2D eigenvalue weighted by Gasteiger charge is -2.09. The summed E-state index contributed by atoms with van der Waals surface area (Å²) in [6.45, 7) is 0.434. The van der Waals surface area contributed by atoms with Gasteiger partial charge in [-0.25, -0.2) is 10.2 Å². The molecule has 0 spiro atoms. The number of rotatable bonds is 7. The van der Waals surface area contributed by atoms with Crippen molar-refractivity contribution in [1.82, 2.24) is 18.7 Å². The number of hydrogen-bond acceptors (Lipinski definition) is 7. The van der Waals surface area contributed by atoms with E-state index in [1.165, 1.54) is 30.0 Å². The van der Waals surface area contributed by atoms with Gasteiger partial charge in [0, 0.05) is 32.8 Å². The van der Waals surface area contributed by atoms with Crippen molar-refractivity contribution in [2.75, 3.05) is 5.43 Å². The Bertz CT molecular complexity index is 1470. The van der Waals surface area contributed by atoms with Crippen LogP contribution in [-0.4, -0.2) is 29.8 Å². The molecule has 2 aromatic heterocycles. The standard InChI is InChI=1S/C22H21N7O4/c1-26-19-18(20(30)27(2)22(26)31)28(13-12-15-6-4-3-5-7-15)21(24-19)25-23-14-16-8-10-17(11-9-16)29(32)33/h3-11,14H,12-13H2,1-2H3,(H,24,25)/b23-14+. The quantitative estimate of drug-likeness (QED) is 0.262. The summed E-state index contributed by atoms with van der Waals surface area (Å²) in [6, 6.07) is 15.7. The Morgan fingerprint density at radius 2 is 1.76 bits per heavy atom. The van der Waals surface area contributed by atoms with Gasteiger partial charge in [0.25, 0.3) is 11.2 Å². The van der Waals surface area contributed by atoms with Crippen molar-refractivity contribution in [3.05, 3.63) is 96.7 Å². The molecule has 11 nitrogen and oxygen atoms in total. The number of imidazole rings is 1. The van der Waals surface area contributed by atoms with Crippen molar-refractivity contribution < 1.29 is 4.92 Å². The summed E-state index contributed by atoms with van der Waals surface area (Å²) in [5, 5.41) is 15.0. The Morgan fingerprint density at radius 1 is 1.06 bits per heavy atom. The molecule has 0 saturated carbocycles. The van der Waals surface area contributed by atoms with Crippen LogP contribution in [0.2, 0.25) is 0 Å². The molecule has 0 aliphatic carbocycles. The van der Waals surface area contributed by atoms with Crippen molar-refractivity contribution >= 4 is 29.0 Å². The SMILES string of the molecule is Cn1c(=O)c2c(nc(N/N=C/c3ccc([N+](=O)[O-])cc3)n2CCc2ccccc2)n(C)c1=O. The van der Waals surface area contributed by atoms with Crippen LogP contribution in [0.1, 0.15) is 11.1 Å². The largest absolute Gasteiger partial charge is 0.332 e. The van der Waals surface area contributed by atoms with Crippen LogP contribution in [0.3, 0.4) is 0 Å². The minimum absolute atomic E-state index is 0.0143. The predicted octanol–water partition coefficient (Wildman–Crippen LogP) is 2.03. The monoisotopic (exact) mass is 447 g/mol. The van der Waals surface area contributed by atoms with E-state index in [2.05, 4.69) is 15.5 Å². The van der Waals surface area contributed by atoms with Gasteiger partial charge in [0.2, 0.25) is 5.95 Å². The van der Waals surface area contributed by atoms with Crippen molar-refractivity contribution in [3.8, 4) is 0 Å². The fourth-order valence-corrected chi connectivity index (χ4v) is 3.48. The number of nitro benzene ring substituents is 1. The summed E-state index contributed by atoms with van der Waals surface area (Å²) >= 11 is 0. The Morgan fingerprint density at radius 3 is 2.42 bits per heavy atom. The van der Waals surface area contributed by atoms with E-state index in [4.69, 9.17) is 0 Å². The number of fused-ring (bicyclic) bond motifs is 1. The molecule has 0 fully saturated rings. The van der Waals surface area contributed by atoms with Crippen molar-refractivity contribution in [3.63, 3.8) is 0 Å². The number of nitrogens with one attached hydrogen (secondary N) is 1. The van der Waals surface area contributed by atoms with E-state index < -0.39 is 16.2 Å². The lowest BCUT2D eigenvalue weighted by Crippen LogP contribution is -2.37. The van der Waals surface area contributed by atoms with Crippen LogP contribution < -0.4 is 16.7 Å². The maximum atomic E-state index is 12.9. The first kappa shape index (κ1) is 21.7. The molecule has 0 aliphatic heterocycles. The first-order valence-electron chi connectivity index (χ1n) is 10.1. The molecule has 0 unspecified atom stereocenters. The zero-order valence-electron chi connectivity index (χ0n) is 18.0. The van der Waals surface area contributed by atoms with Gasteiger partial charge in [0.05, 0.1) is 11.1 Å². The number of hydrogen-bond donors (Lipinski definition) is 1. The van der Waals surface area contributed by atoms with Crippen LogP contribution in [0.25, 0.3) is 11.2 Å². The Kier molecular flexibility index (Phi) is 5.85. The molecule has 0 atom stereocenters. The highest BCUT2D eigenvalue weighted by atomic mass is 16.6. The Balaban J connectivity index is 1.70. The van der Waals surface area contributed by atoms with Gasteiger partial charge in [0.1, 0.15) is 0 Å².